The molecular formula is C16H26N2O. The highest BCUT2D eigenvalue weighted by atomic mass is 16.5. The zero-order valence-electron chi connectivity index (χ0n) is 12.4. The van der Waals surface area contributed by atoms with E-state index in [0.717, 1.165) is 25.4 Å². The molecule has 0 amide bonds. The van der Waals surface area contributed by atoms with Crippen molar-refractivity contribution < 1.29 is 4.74 Å². The molecule has 0 aromatic heterocycles. The molecular weight excluding hydrogens is 236 g/mol. The molecule has 3 nitrogen and oxygen atoms in total. The highest BCUT2D eigenvalue weighted by Gasteiger charge is 2.22. The molecule has 1 N–H and O–H groups in total. The minimum absolute atomic E-state index is 0.611. The summed E-state index contributed by atoms with van der Waals surface area (Å²) in [6.45, 7) is 7.81. The van der Waals surface area contributed by atoms with Crippen LogP contribution in [-0.2, 0) is 6.54 Å². The first-order valence-electron chi connectivity index (χ1n) is 7.34. The van der Waals surface area contributed by atoms with Crippen molar-refractivity contribution in [3.8, 4) is 5.75 Å². The number of para-hydroxylation sites is 1. The summed E-state index contributed by atoms with van der Waals surface area (Å²) in [4.78, 5) is 2.58. The molecule has 1 fully saturated rings. The molecule has 1 aromatic carbocycles. The van der Waals surface area contributed by atoms with E-state index in [-0.39, 0.29) is 0 Å². The van der Waals surface area contributed by atoms with Crippen molar-refractivity contribution >= 4 is 0 Å². The summed E-state index contributed by atoms with van der Waals surface area (Å²) in [5.74, 6) is 1.000. The summed E-state index contributed by atoms with van der Waals surface area (Å²) >= 11 is 0. The zero-order chi connectivity index (χ0) is 13.7. The summed E-state index contributed by atoms with van der Waals surface area (Å²) in [6.07, 6.45) is 2.40. The van der Waals surface area contributed by atoms with Crippen LogP contribution in [0.15, 0.2) is 24.3 Å². The van der Waals surface area contributed by atoms with Crippen LogP contribution in [0.25, 0.3) is 0 Å². The number of ether oxygens (including phenoxy) is 1. The smallest absolute Gasteiger partial charge is 0.123 e. The van der Waals surface area contributed by atoms with E-state index in [4.69, 9.17) is 4.74 Å². The van der Waals surface area contributed by atoms with Crippen LogP contribution in [0.1, 0.15) is 32.3 Å². The first-order valence-corrected chi connectivity index (χ1v) is 7.34. The highest BCUT2D eigenvalue weighted by molar-refractivity contribution is 5.33. The molecule has 2 unspecified atom stereocenters. The fourth-order valence-corrected chi connectivity index (χ4v) is 2.75. The number of rotatable bonds is 4. The molecule has 0 bridgehead atoms. The van der Waals surface area contributed by atoms with Gasteiger partial charge in [-0.1, -0.05) is 25.1 Å². The maximum atomic E-state index is 5.46. The van der Waals surface area contributed by atoms with Crippen molar-refractivity contribution in [3.63, 3.8) is 0 Å². The lowest BCUT2D eigenvalue weighted by Gasteiger charge is -2.29. The third-order valence-corrected chi connectivity index (χ3v) is 4.13. The first-order chi connectivity index (χ1) is 9.24. The first kappa shape index (κ1) is 14.4. The molecule has 1 aliphatic heterocycles. The van der Waals surface area contributed by atoms with Crippen molar-refractivity contribution in [1.29, 1.82) is 0 Å². The molecule has 0 saturated carbocycles. The van der Waals surface area contributed by atoms with Crippen LogP contribution in [0.2, 0.25) is 0 Å². The van der Waals surface area contributed by atoms with E-state index in [2.05, 4.69) is 36.2 Å². The Hall–Kier alpha value is -1.06. The van der Waals surface area contributed by atoms with Crippen LogP contribution in [0.5, 0.6) is 5.75 Å². The van der Waals surface area contributed by atoms with Gasteiger partial charge in [0.1, 0.15) is 5.75 Å². The molecule has 1 aliphatic rings. The van der Waals surface area contributed by atoms with Gasteiger partial charge < -0.3 is 10.1 Å². The standard InChI is InChI=1S/C16H26N2O/c1-4-15-12-18(13(2)9-10-17-15)11-14-7-5-6-8-16(14)19-3/h5-8,13,15,17H,4,9-12H2,1-3H3. The second-order valence-corrected chi connectivity index (χ2v) is 5.44. The SMILES string of the molecule is CCC1CN(Cc2ccccc2OC)C(C)CCN1. The van der Waals surface area contributed by atoms with Gasteiger partial charge in [-0.15, -0.1) is 0 Å². The predicted molar refractivity (Wildman–Crippen MR) is 79.6 cm³/mol. The van der Waals surface area contributed by atoms with E-state index < -0.39 is 0 Å². The van der Waals surface area contributed by atoms with E-state index in [0.29, 0.717) is 12.1 Å². The molecule has 1 heterocycles. The van der Waals surface area contributed by atoms with Gasteiger partial charge in [0.05, 0.1) is 7.11 Å². The quantitative estimate of drug-likeness (QED) is 0.903. The Bertz CT molecular complexity index is 394. The molecule has 0 aliphatic carbocycles. The number of nitrogens with zero attached hydrogens (tertiary/aromatic N) is 1. The van der Waals surface area contributed by atoms with Gasteiger partial charge in [0, 0.05) is 30.7 Å². The fraction of sp³-hybridized carbons (Fsp3) is 0.625. The average Bonchev–Trinajstić information content (AvgIpc) is 2.62. The average molecular weight is 262 g/mol. The molecule has 0 radical (unpaired) electrons. The molecule has 1 aromatic rings. The molecule has 3 heteroatoms. The second kappa shape index (κ2) is 6.92. The number of nitrogens with one attached hydrogen (secondary N) is 1. The maximum Gasteiger partial charge on any atom is 0.123 e. The van der Waals surface area contributed by atoms with Crippen LogP contribution < -0.4 is 10.1 Å². The lowest BCUT2D eigenvalue weighted by molar-refractivity contribution is 0.192. The Morgan fingerprint density at radius 1 is 1.37 bits per heavy atom. The molecule has 1 saturated heterocycles. The van der Waals surface area contributed by atoms with Crippen molar-refractivity contribution in [2.75, 3.05) is 20.2 Å². The zero-order valence-corrected chi connectivity index (χ0v) is 12.4. The number of hydrogen-bond donors (Lipinski definition) is 1. The topological polar surface area (TPSA) is 24.5 Å². The molecule has 106 valence electrons. The van der Waals surface area contributed by atoms with E-state index in [1.54, 1.807) is 7.11 Å². The van der Waals surface area contributed by atoms with Gasteiger partial charge in [-0.25, -0.2) is 0 Å². The van der Waals surface area contributed by atoms with E-state index in [1.807, 2.05) is 12.1 Å². The summed E-state index contributed by atoms with van der Waals surface area (Å²) < 4.78 is 5.46. The Morgan fingerprint density at radius 3 is 2.89 bits per heavy atom. The minimum atomic E-state index is 0.611. The lowest BCUT2D eigenvalue weighted by atomic mass is 10.1. The fourth-order valence-electron chi connectivity index (χ4n) is 2.75. The largest absolute Gasteiger partial charge is 0.496 e. The van der Waals surface area contributed by atoms with Gasteiger partial charge >= 0.3 is 0 Å². The van der Waals surface area contributed by atoms with Crippen LogP contribution in [0, 0.1) is 0 Å². The highest BCUT2D eigenvalue weighted by Crippen LogP contribution is 2.22. The van der Waals surface area contributed by atoms with Crippen LogP contribution >= 0.6 is 0 Å². The maximum absolute atomic E-state index is 5.46. The van der Waals surface area contributed by atoms with Crippen LogP contribution in [0.4, 0.5) is 0 Å². The van der Waals surface area contributed by atoms with Gasteiger partial charge in [-0.2, -0.15) is 0 Å². The van der Waals surface area contributed by atoms with E-state index in [9.17, 15) is 0 Å². The van der Waals surface area contributed by atoms with Gasteiger partial charge in [-0.3, -0.25) is 4.90 Å². The van der Waals surface area contributed by atoms with Gasteiger partial charge in [0.25, 0.3) is 0 Å². The minimum Gasteiger partial charge on any atom is -0.496 e. The Labute approximate surface area is 116 Å². The summed E-state index contributed by atoms with van der Waals surface area (Å²) in [7, 11) is 1.75. The van der Waals surface area contributed by atoms with Crippen LogP contribution in [-0.4, -0.2) is 37.2 Å². The summed E-state index contributed by atoms with van der Waals surface area (Å²) in [5.41, 5.74) is 1.29. The molecule has 0 spiro atoms. The normalized spacial score (nSPS) is 25.0. The van der Waals surface area contributed by atoms with Gasteiger partial charge in [0.2, 0.25) is 0 Å². The third-order valence-electron chi connectivity index (χ3n) is 4.13. The van der Waals surface area contributed by atoms with Crippen LogP contribution in [0.3, 0.4) is 0 Å². The molecule has 2 rings (SSSR count). The predicted octanol–water partition coefficient (Wildman–Crippen LogP) is 2.66. The van der Waals surface area contributed by atoms with Gasteiger partial charge in [-0.05, 0) is 32.4 Å². The van der Waals surface area contributed by atoms with E-state index >= 15 is 0 Å². The third kappa shape index (κ3) is 3.71. The van der Waals surface area contributed by atoms with Gasteiger partial charge in [0.15, 0.2) is 0 Å². The summed E-state index contributed by atoms with van der Waals surface area (Å²) in [6, 6.07) is 9.58. The van der Waals surface area contributed by atoms with Crippen molar-refractivity contribution in [2.24, 2.45) is 0 Å². The Kier molecular flexibility index (Phi) is 5.23. The second-order valence-electron chi connectivity index (χ2n) is 5.44. The number of methoxy groups -OCH3 is 1. The molecule has 19 heavy (non-hydrogen) atoms. The number of hydrogen-bond acceptors (Lipinski definition) is 3. The summed E-state index contributed by atoms with van der Waals surface area (Å²) in [5, 5.41) is 3.63. The lowest BCUT2D eigenvalue weighted by Crippen LogP contribution is -2.39. The van der Waals surface area contributed by atoms with E-state index in [1.165, 1.54) is 18.4 Å². The van der Waals surface area contributed by atoms with Crippen molar-refractivity contribution in [3.05, 3.63) is 29.8 Å². The number of benzene rings is 1. The Balaban J connectivity index is 2.10. The van der Waals surface area contributed by atoms with Crippen molar-refractivity contribution in [2.45, 2.75) is 45.3 Å². The Morgan fingerprint density at radius 2 is 2.16 bits per heavy atom. The monoisotopic (exact) mass is 262 g/mol. The van der Waals surface area contributed by atoms with Crippen molar-refractivity contribution in [1.82, 2.24) is 10.2 Å². The molecule has 2 atom stereocenters.